The molecule has 3 fully saturated rings. The summed E-state index contributed by atoms with van der Waals surface area (Å²) in [6, 6.07) is 10.9. The number of rotatable bonds is 13. The fourth-order valence-electron chi connectivity index (χ4n) is 9.90. The lowest BCUT2D eigenvalue weighted by molar-refractivity contribution is -0.134. The molecule has 3 aliphatic heterocycles. The molecule has 10 rings (SSSR count). The van der Waals surface area contributed by atoms with Gasteiger partial charge in [-0.1, -0.05) is 0 Å². The third-order valence-corrected chi connectivity index (χ3v) is 15.5. The molecule has 0 radical (unpaired) electrons. The maximum atomic E-state index is 15.9. The second-order valence-electron chi connectivity index (χ2n) is 18.3. The summed E-state index contributed by atoms with van der Waals surface area (Å²) < 4.78 is 52.6. The molecule has 3 aliphatic rings. The van der Waals surface area contributed by atoms with Crippen LogP contribution in [0.25, 0.3) is 33.1 Å². The van der Waals surface area contributed by atoms with Gasteiger partial charge in [0, 0.05) is 126 Å². The molecule has 0 saturated carbocycles. The predicted octanol–water partition coefficient (Wildman–Crippen LogP) is 6.06. The van der Waals surface area contributed by atoms with Crippen LogP contribution in [0.15, 0.2) is 71.9 Å². The van der Waals surface area contributed by atoms with Crippen LogP contribution in [-0.2, 0) is 33.7 Å². The molecule has 1 atom stereocenters. The van der Waals surface area contributed by atoms with Gasteiger partial charge in [0.05, 0.1) is 63.7 Å². The highest BCUT2D eigenvalue weighted by Gasteiger charge is 2.33. The van der Waals surface area contributed by atoms with E-state index in [1.807, 2.05) is 37.6 Å². The van der Waals surface area contributed by atoms with E-state index in [4.69, 9.17) is 9.72 Å². The molecular weight excluding hydrogens is 998 g/mol. The zero-order chi connectivity index (χ0) is 49.7. The minimum Gasteiger partial charge on any atom is -0.494 e. The highest BCUT2D eigenvalue weighted by Crippen LogP contribution is 2.43. The largest absolute Gasteiger partial charge is 0.494 e. The summed E-state index contributed by atoms with van der Waals surface area (Å²) in [6.45, 7) is 5.61. The predicted molar refractivity (Wildman–Crippen MR) is 274 cm³/mol. The number of hydrogen-bond donors (Lipinski definition) is 3. The quantitative estimate of drug-likeness (QED) is 0.112. The van der Waals surface area contributed by atoms with Crippen LogP contribution in [0.2, 0.25) is 0 Å². The Bertz CT molecular complexity index is 3320. The van der Waals surface area contributed by atoms with E-state index in [0.29, 0.717) is 86.3 Å². The van der Waals surface area contributed by atoms with Crippen molar-refractivity contribution in [2.75, 3.05) is 91.0 Å². The van der Waals surface area contributed by atoms with E-state index in [2.05, 4.69) is 71.7 Å². The van der Waals surface area contributed by atoms with Crippen molar-refractivity contribution in [1.82, 2.24) is 49.7 Å². The number of nitrogens with zero attached hydrogens (tertiary/aromatic N) is 12. The molecule has 0 bridgehead atoms. The van der Waals surface area contributed by atoms with Gasteiger partial charge in [-0.2, -0.15) is 15.2 Å². The van der Waals surface area contributed by atoms with Crippen LogP contribution in [0.3, 0.4) is 0 Å². The number of nitrogens with one attached hydrogen (secondary N) is 3. The Hall–Kier alpha value is -6.98. The Labute approximate surface area is 417 Å². The number of halogens is 2. The van der Waals surface area contributed by atoms with Crippen LogP contribution < -0.4 is 34.8 Å². The average Bonchev–Trinajstić information content (AvgIpc) is 3.93. The van der Waals surface area contributed by atoms with Crippen LogP contribution in [0.1, 0.15) is 37.3 Å². The average molecular weight is 1050 g/mol. The van der Waals surface area contributed by atoms with Crippen LogP contribution in [0.5, 0.6) is 5.75 Å². The smallest absolute Gasteiger partial charge is 0.235 e. The highest BCUT2D eigenvalue weighted by molar-refractivity contribution is 9.10. The maximum Gasteiger partial charge on any atom is 0.235 e. The van der Waals surface area contributed by atoms with Gasteiger partial charge in [0.15, 0.2) is 0 Å². The monoisotopic (exact) mass is 1050 g/mol. The molecule has 7 heterocycles. The summed E-state index contributed by atoms with van der Waals surface area (Å²) in [5, 5.41) is 18.8. The Balaban J connectivity index is 0.819. The lowest BCUT2D eigenvalue weighted by Gasteiger charge is -2.40. The first-order valence-corrected chi connectivity index (χ1v) is 25.9. The van der Waals surface area contributed by atoms with Gasteiger partial charge in [0.25, 0.3) is 0 Å². The van der Waals surface area contributed by atoms with Crippen molar-refractivity contribution in [1.29, 1.82) is 0 Å². The van der Waals surface area contributed by atoms with Crippen molar-refractivity contribution in [3.63, 3.8) is 0 Å². The zero-order valence-corrected chi connectivity index (χ0v) is 42.3. The van der Waals surface area contributed by atoms with Crippen molar-refractivity contribution in [3.8, 4) is 16.9 Å². The second kappa shape index (κ2) is 19.3. The van der Waals surface area contributed by atoms with Crippen molar-refractivity contribution in [2.45, 2.75) is 31.6 Å². The molecule has 2 amide bonds. The van der Waals surface area contributed by atoms with Gasteiger partial charge in [0.2, 0.25) is 27.8 Å². The molecule has 3 N–H and O–H groups in total. The zero-order valence-electron chi connectivity index (χ0n) is 39.9. The van der Waals surface area contributed by atoms with E-state index in [9.17, 15) is 18.0 Å². The molecule has 1 unspecified atom stereocenters. The molecule has 0 aliphatic carbocycles. The Morgan fingerprint density at radius 1 is 0.915 bits per heavy atom. The number of carbonyl (C=O) groups is 2. The lowest BCUT2D eigenvalue weighted by atomic mass is 9.92. The maximum absolute atomic E-state index is 15.9. The van der Waals surface area contributed by atoms with Crippen LogP contribution in [0, 0.1) is 11.7 Å². The molecule has 0 spiro atoms. The van der Waals surface area contributed by atoms with Crippen molar-refractivity contribution in [3.05, 3.63) is 83.4 Å². The molecule has 23 heteroatoms. The van der Waals surface area contributed by atoms with Crippen LogP contribution in [0.4, 0.5) is 44.6 Å². The summed E-state index contributed by atoms with van der Waals surface area (Å²) in [5.74, 6) is 0.0838. The number of carbonyl (C=O) groups excluding carboxylic acids is 2. The topological polar surface area (TPSA) is 214 Å². The number of fused-ring (bicyclic) bond motifs is 2. The minimum atomic E-state index is -3.68. The fraction of sp³-hybridized carbons (Fsp3) is 0.375. The number of hydrogen-bond acceptors (Lipinski definition) is 16. The molecule has 4 aromatic heterocycles. The number of piperazine rings is 1. The van der Waals surface area contributed by atoms with Gasteiger partial charge in [-0.25, -0.2) is 17.8 Å². The second-order valence-corrected chi connectivity index (χ2v) is 21.1. The summed E-state index contributed by atoms with van der Waals surface area (Å²) in [7, 11) is 3.11. The number of aromatic nitrogens is 8. The summed E-state index contributed by atoms with van der Waals surface area (Å²) in [6.07, 6.45) is 12.2. The number of piperidine rings is 2. The number of ether oxygens (including phenoxy) is 1. The number of amides is 2. The van der Waals surface area contributed by atoms with Gasteiger partial charge in [-0.3, -0.25) is 43.4 Å². The Morgan fingerprint density at radius 3 is 2.39 bits per heavy atom. The molecule has 3 saturated heterocycles. The van der Waals surface area contributed by atoms with E-state index in [0.717, 1.165) is 74.2 Å². The van der Waals surface area contributed by atoms with E-state index in [1.165, 1.54) is 23.6 Å². The first-order valence-electron chi connectivity index (χ1n) is 23.3. The Morgan fingerprint density at radius 2 is 1.68 bits per heavy atom. The summed E-state index contributed by atoms with van der Waals surface area (Å²) in [4.78, 5) is 49.6. The van der Waals surface area contributed by atoms with Crippen molar-refractivity contribution in [2.24, 2.45) is 20.0 Å². The first-order chi connectivity index (χ1) is 34.1. The summed E-state index contributed by atoms with van der Waals surface area (Å²) >= 11 is 3.57. The van der Waals surface area contributed by atoms with E-state index in [1.54, 1.807) is 48.0 Å². The van der Waals surface area contributed by atoms with E-state index >= 15 is 4.39 Å². The van der Waals surface area contributed by atoms with Crippen LogP contribution >= 0.6 is 15.9 Å². The van der Waals surface area contributed by atoms with E-state index < -0.39 is 21.8 Å². The third-order valence-electron chi connectivity index (χ3n) is 13.7. The Kier molecular flexibility index (Phi) is 13.0. The van der Waals surface area contributed by atoms with Crippen molar-refractivity contribution >= 4 is 99.9 Å². The highest BCUT2D eigenvalue weighted by atomic mass is 79.9. The number of methoxy groups -OCH3 is 1. The van der Waals surface area contributed by atoms with Crippen LogP contribution in [-0.4, -0.2) is 131 Å². The molecule has 20 nitrogen and oxygen atoms in total. The number of aryl methyl sites for hydroxylation is 2. The number of sulfonamides is 1. The van der Waals surface area contributed by atoms with Gasteiger partial charge < -0.3 is 25.2 Å². The molecule has 3 aromatic carbocycles. The molecule has 71 heavy (non-hydrogen) atoms. The first kappa shape index (κ1) is 47.7. The van der Waals surface area contributed by atoms with E-state index in [-0.39, 0.29) is 24.1 Å². The molecule has 7 aromatic rings. The van der Waals surface area contributed by atoms with Gasteiger partial charge >= 0.3 is 0 Å². The lowest BCUT2D eigenvalue weighted by Crippen LogP contribution is -2.49. The third kappa shape index (κ3) is 9.64. The summed E-state index contributed by atoms with van der Waals surface area (Å²) in [5.41, 5.74) is 7.02. The SMILES string of the molecule is COc1cc(N2CCC(CN3CCN(c4cc5c(cc4F)c(C4CCC(=O)NC4=O)nn5C)CC3)CC2)c(-c2cnn(C)c2)cc1Nc1ncc(Br)c(Nc2ccc3nccnc3c2N(C)S(C)(=O)=O)n1. The van der Waals surface area contributed by atoms with Gasteiger partial charge in [0.1, 0.15) is 28.6 Å². The fourth-order valence-corrected chi connectivity index (χ4v) is 10.7. The number of anilines is 7. The molecular formula is C48H53BrFN15O5S. The minimum absolute atomic E-state index is 0.228. The van der Waals surface area contributed by atoms with Gasteiger partial charge in [-0.15, -0.1) is 0 Å². The standard InChI is InChI=1S/C48H53BrFN15O5S/c1-60-27-29(24-54-60)31-21-37(56-48-53-25-33(49)46(58-48)55-36-8-7-35-44(52-13-12-51-35)45(36)62(3)71(5,68)69)41(70-4)23-39(31)64-14-10-28(11-15-64)26-63-16-18-65(19-17-63)40-22-38-32(20-34(40)50)43(59-61(38)2)30-6-9-42(66)57-47(30)67/h7-8,12-13,20-25,27-28,30H,6,9-11,14-19,26H2,1-5H3,(H,57,66,67)(H2,53,55,56,58). The number of benzene rings is 3. The number of imide groups is 1. The van der Waals surface area contributed by atoms with Crippen molar-refractivity contribution < 1.29 is 27.1 Å². The van der Waals surface area contributed by atoms with Gasteiger partial charge in [-0.05, 0) is 71.4 Å². The molecule has 370 valence electrons. The normalized spacial score (nSPS) is 17.3.